The van der Waals surface area contributed by atoms with Gasteiger partial charge in [0.15, 0.2) is 0 Å². The molecule has 0 saturated carbocycles. The van der Waals surface area contributed by atoms with Crippen LogP contribution in [0.1, 0.15) is 12.0 Å². The van der Waals surface area contributed by atoms with Crippen molar-refractivity contribution in [2.45, 2.75) is 18.9 Å². The Labute approximate surface area is 89.1 Å². The predicted molar refractivity (Wildman–Crippen MR) is 57.1 cm³/mol. The second-order valence-corrected chi connectivity index (χ2v) is 4.19. The molecule has 0 amide bonds. The molecule has 2 rings (SSSR count). The molecular weight excluding hydrogens is 193 g/mol. The fourth-order valence-corrected chi connectivity index (χ4v) is 2.17. The Balaban J connectivity index is 1.96. The van der Waals surface area contributed by atoms with Gasteiger partial charge in [-0.25, -0.2) is 4.39 Å². The maximum absolute atomic E-state index is 13.4. The van der Waals surface area contributed by atoms with Crippen LogP contribution in [-0.4, -0.2) is 24.3 Å². The van der Waals surface area contributed by atoms with Crippen LogP contribution < -0.4 is 5.32 Å². The molecule has 1 aromatic carbocycles. The number of hydrogen-bond donors (Lipinski definition) is 2. The van der Waals surface area contributed by atoms with Gasteiger partial charge in [0.25, 0.3) is 0 Å². The number of aliphatic hydroxyl groups is 1. The Hall–Kier alpha value is -0.930. The largest absolute Gasteiger partial charge is 0.395 e. The van der Waals surface area contributed by atoms with Gasteiger partial charge >= 0.3 is 0 Å². The third-order valence-electron chi connectivity index (χ3n) is 3.00. The highest BCUT2D eigenvalue weighted by atomic mass is 19.1. The standard InChI is InChI=1S/C12H16FNO/c13-12-4-2-1-3-10(12)5-9-6-11(8-15)14-7-9/h1-4,9,11,14-15H,5-8H2. The van der Waals surface area contributed by atoms with Crippen molar-refractivity contribution in [3.05, 3.63) is 35.6 Å². The summed E-state index contributed by atoms with van der Waals surface area (Å²) < 4.78 is 13.4. The molecule has 1 saturated heterocycles. The van der Waals surface area contributed by atoms with Crippen LogP contribution in [0.4, 0.5) is 4.39 Å². The Morgan fingerprint density at radius 3 is 2.87 bits per heavy atom. The first-order valence-electron chi connectivity index (χ1n) is 5.37. The van der Waals surface area contributed by atoms with E-state index in [2.05, 4.69) is 5.32 Å². The van der Waals surface area contributed by atoms with E-state index in [9.17, 15) is 4.39 Å². The zero-order valence-corrected chi connectivity index (χ0v) is 8.62. The lowest BCUT2D eigenvalue weighted by Gasteiger charge is -2.09. The van der Waals surface area contributed by atoms with Crippen molar-refractivity contribution in [2.75, 3.05) is 13.2 Å². The molecule has 1 aliphatic heterocycles. The lowest BCUT2D eigenvalue weighted by atomic mass is 9.96. The summed E-state index contributed by atoms with van der Waals surface area (Å²) in [6.07, 6.45) is 1.70. The molecule has 3 heteroatoms. The molecule has 2 nitrogen and oxygen atoms in total. The van der Waals surface area contributed by atoms with E-state index in [4.69, 9.17) is 5.11 Å². The second-order valence-electron chi connectivity index (χ2n) is 4.19. The summed E-state index contributed by atoms with van der Waals surface area (Å²) >= 11 is 0. The van der Waals surface area contributed by atoms with Crippen LogP contribution in [0, 0.1) is 11.7 Å². The summed E-state index contributed by atoms with van der Waals surface area (Å²) in [6.45, 7) is 1.05. The Bertz CT molecular complexity index is 329. The molecule has 0 bridgehead atoms. The summed E-state index contributed by atoms with van der Waals surface area (Å²) in [6, 6.07) is 7.11. The third-order valence-corrected chi connectivity index (χ3v) is 3.00. The van der Waals surface area contributed by atoms with E-state index in [0.717, 1.165) is 24.9 Å². The monoisotopic (exact) mass is 209 g/mol. The summed E-state index contributed by atoms with van der Waals surface area (Å²) in [5.74, 6) is 0.323. The molecule has 1 heterocycles. The van der Waals surface area contributed by atoms with E-state index in [1.165, 1.54) is 6.07 Å². The van der Waals surface area contributed by atoms with E-state index in [-0.39, 0.29) is 18.5 Å². The number of aliphatic hydroxyl groups excluding tert-OH is 1. The molecule has 15 heavy (non-hydrogen) atoms. The maximum atomic E-state index is 13.4. The normalized spacial score (nSPS) is 25.7. The summed E-state index contributed by atoms with van der Waals surface area (Å²) in [4.78, 5) is 0. The zero-order chi connectivity index (χ0) is 10.7. The van der Waals surface area contributed by atoms with Gasteiger partial charge in [-0.3, -0.25) is 0 Å². The van der Waals surface area contributed by atoms with Gasteiger partial charge in [0.2, 0.25) is 0 Å². The van der Waals surface area contributed by atoms with Gasteiger partial charge in [-0.05, 0) is 36.9 Å². The van der Waals surface area contributed by atoms with E-state index in [1.807, 2.05) is 12.1 Å². The van der Waals surface area contributed by atoms with E-state index >= 15 is 0 Å². The molecule has 0 aromatic heterocycles. The fraction of sp³-hybridized carbons (Fsp3) is 0.500. The molecular formula is C12H16FNO. The van der Waals surface area contributed by atoms with Gasteiger partial charge in [-0.1, -0.05) is 18.2 Å². The maximum Gasteiger partial charge on any atom is 0.126 e. The first-order chi connectivity index (χ1) is 7.29. The van der Waals surface area contributed by atoms with Gasteiger partial charge in [-0.15, -0.1) is 0 Å². The fourth-order valence-electron chi connectivity index (χ4n) is 2.17. The molecule has 2 N–H and O–H groups in total. The van der Waals surface area contributed by atoms with Gasteiger partial charge in [0.1, 0.15) is 5.82 Å². The topological polar surface area (TPSA) is 32.3 Å². The highest BCUT2D eigenvalue weighted by Gasteiger charge is 2.23. The van der Waals surface area contributed by atoms with Crippen LogP contribution in [0.15, 0.2) is 24.3 Å². The molecule has 82 valence electrons. The van der Waals surface area contributed by atoms with E-state index in [0.29, 0.717) is 5.92 Å². The zero-order valence-electron chi connectivity index (χ0n) is 8.62. The average Bonchev–Trinajstić information content (AvgIpc) is 2.69. The molecule has 1 aliphatic rings. The van der Waals surface area contributed by atoms with E-state index in [1.54, 1.807) is 6.07 Å². The Morgan fingerprint density at radius 2 is 2.20 bits per heavy atom. The number of benzene rings is 1. The van der Waals surface area contributed by atoms with Gasteiger partial charge in [-0.2, -0.15) is 0 Å². The van der Waals surface area contributed by atoms with Crippen LogP contribution in [0.3, 0.4) is 0 Å². The van der Waals surface area contributed by atoms with Crippen molar-refractivity contribution >= 4 is 0 Å². The van der Waals surface area contributed by atoms with Crippen LogP contribution in [0.5, 0.6) is 0 Å². The second kappa shape index (κ2) is 4.73. The molecule has 0 aliphatic carbocycles. The van der Waals surface area contributed by atoms with Crippen LogP contribution >= 0.6 is 0 Å². The first kappa shape index (κ1) is 10.6. The summed E-state index contributed by atoms with van der Waals surface area (Å²) in [5.41, 5.74) is 0.780. The van der Waals surface area contributed by atoms with Gasteiger partial charge in [0.05, 0.1) is 6.61 Å². The van der Waals surface area contributed by atoms with Crippen molar-refractivity contribution in [3.63, 3.8) is 0 Å². The Kier molecular flexibility index (Phi) is 3.34. The van der Waals surface area contributed by atoms with E-state index < -0.39 is 0 Å². The average molecular weight is 209 g/mol. The van der Waals surface area contributed by atoms with Crippen molar-refractivity contribution in [1.82, 2.24) is 5.32 Å². The summed E-state index contributed by atoms with van der Waals surface area (Å²) in [5, 5.41) is 12.2. The highest BCUT2D eigenvalue weighted by Crippen LogP contribution is 2.20. The summed E-state index contributed by atoms with van der Waals surface area (Å²) in [7, 11) is 0. The Morgan fingerprint density at radius 1 is 1.40 bits per heavy atom. The minimum Gasteiger partial charge on any atom is -0.395 e. The van der Waals surface area contributed by atoms with Crippen molar-refractivity contribution < 1.29 is 9.50 Å². The number of halogens is 1. The third kappa shape index (κ3) is 2.55. The number of nitrogens with one attached hydrogen (secondary N) is 1. The highest BCUT2D eigenvalue weighted by molar-refractivity contribution is 5.18. The lowest BCUT2D eigenvalue weighted by Crippen LogP contribution is -2.24. The number of hydrogen-bond acceptors (Lipinski definition) is 2. The molecule has 2 atom stereocenters. The minimum absolute atomic E-state index is 0.120. The predicted octanol–water partition coefficient (Wildman–Crippen LogP) is 1.34. The first-order valence-corrected chi connectivity index (χ1v) is 5.37. The SMILES string of the molecule is OCC1CC(Cc2ccccc2F)CN1. The van der Waals surface area contributed by atoms with Crippen molar-refractivity contribution in [1.29, 1.82) is 0 Å². The molecule has 1 aromatic rings. The molecule has 2 unspecified atom stereocenters. The smallest absolute Gasteiger partial charge is 0.126 e. The number of rotatable bonds is 3. The quantitative estimate of drug-likeness (QED) is 0.787. The van der Waals surface area contributed by atoms with Gasteiger partial charge in [0, 0.05) is 6.04 Å². The van der Waals surface area contributed by atoms with Crippen LogP contribution in [0.25, 0.3) is 0 Å². The van der Waals surface area contributed by atoms with Crippen molar-refractivity contribution in [3.8, 4) is 0 Å². The van der Waals surface area contributed by atoms with Crippen molar-refractivity contribution in [2.24, 2.45) is 5.92 Å². The molecule has 0 spiro atoms. The molecule has 0 radical (unpaired) electrons. The molecule has 1 fully saturated rings. The van der Waals surface area contributed by atoms with Gasteiger partial charge < -0.3 is 10.4 Å². The minimum atomic E-state index is -0.120. The lowest BCUT2D eigenvalue weighted by molar-refractivity contribution is 0.252. The van der Waals surface area contributed by atoms with Crippen LogP contribution in [-0.2, 0) is 6.42 Å². The van der Waals surface area contributed by atoms with Crippen LogP contribution in [0.2, 0.25) is 0 Å².